The number of aryl methyl sites for hydroxylation is 2. The van der Waals surface area contributed by atoms with Crippen LogP contribution in [0.15, 0.2) is 42.6 Å². The van der Waals surface area contributed by atoms with E-state index in [2.05, 4.69) is 0 Å². The molecule has 0 N–H and O–H groups in total. The summed E-state index contributed by atoms with van der Waals surface area (Å²) in [6.45, 7) is 1.77. The maximum Gasteiger partial charge on any atom is 0.195 e. The van der Waals surface area contributed by atoms with Gasteiger partial charge >= 0.3 is 0 Å². The Morgan fingerprint density at radius 2 is 1.95 bits per heavy atom. The second kappa shape index (κ2) is 5.01. The Morgan fingerprint density at radius 1 is 1.19 bits per heavy atom. The van der Waals surface area contributed by atoms with Crippen molar-refractivity contribution < 1.29 is 9.18 Å². The smallest absolute Gasteiger partial charge is 0.195 e. The number of rotatable bonds is 2. The summed E-state index contributed by atoms with van der Waals surface area (Å²) in [6.07, 6.45) is 1.75. The van der Waals surface area contributed by atoms with E-state index >= 15 is 0 Å². The van der Waals surface area contributed by atoms with Crippen LogP contribution in [0.4, 0.5) is 4.39 Å². The number of carbonyl (C=O) groups is 1. The molecule has 0 aliphatic rings. The normalized spacial score (nSPS) is 11.0. The lowest BCUT2D eigenvalue weighted by atomic mass is 10.0. The lowest BCUT2D eigenvalue weighted by molar-refractivity contribution is 0.103. The van der Waals surface area contributed by atoms with Crippen LogP contribution in [0.3, 0.4) is 0 Å². The topological polar surface area (TPSA) is 22.0 Å². The first-order chi connectivity index (χ1) is 9.95. The minimum Gasteiger partial charge on any atom is -0.350 e. The van der Waals surface area contributed by atoms with Crippen LogP contribution in [0, 0.1) is 12.7 Å². The molecule has 1 aromatic heterocycles. The molecule has 0 spiro atoms. The highest BCUT2D eigenvalue weighted by molar-refractivity contribution is 6.31. The molecule has 0 aliphatic heterocycles. The van der Waals surface area contributed by atoms with Gasteiger partial charge < -0.3 is 4.57 Å². The summed E-state index contributed by atoms with van der Waals surface area (Å²) in [5.74, 6) is -0.591. The van der Waals surface area contributed by atoms with Crippen molar-refractivity contribution in [1.29, 1.82) is 0 Å². The van der Waals surface area contributed by atoms with E-state index in [0.29, 0.717) is 16.1 Å². The SMILES string of the molecule is Cc1cc(F)cc(C(=O)c2cn(C)c3cc(Cl)ccc23)c1. The van der Waals surface area contributed by atoms with Crippen molar-refractivity contribution in [2.45, 2.75) is 6.92 Å². The average molecular weight is 302 g/mol. The summed E-state index contributed by atoms with van der Waals surface area (Å²) in [6, 6.07) is 9.74. The lowest BCUT2D eigenvalue weighted by Crippen LogP contribution is -2.02. The minimum absolute atomic E-state index is 0.189. The Hall–Kier alpha value is -2.13. The number of nitrogens with zero attached hydrogens (tertiary/aromatic N) is 1. The van der Waals surface area contributed by atoms with Gasteiger partial charge in [0.05, 0.1) is 0 Å². The Labute approximate surface area is 126 Å². The largest absolute Gasteiger partial charge is 0.350 e. The Bertz CT molecular complexity index is 846. The van der Waals surface area contributed by atoms with Crippen molar-refractivity contribution >= 4 is 28.3 Å². The molecule has 0 bridgehead atoms. The van der Waals surface area contributed by atoms with Gasteiger partial charge in [0, 0.05) is 40.3 Å². The summed E-state index contributed by atoms with van der Waals surface area (Å²) in [7, 11) is 1.85. The van der Waals surface area contributed by atoms with Gasteiger partial charge in [-0.1, -0.05) is 17.7 Å². The number of hydrogen-bond acceptors (Lipinski definition) is 1. The molecule has 0 amide bonds. The van der Waals surface area contributed by atoms with Gasteiger partial charge in [-0.15, -0.1) is 0 Å². The number of benzene rings is 2. The molecule has 2 aromatic carbocycles. The van der Waals surface area contributed by atoms with Gasteiger partial charge in [0.2, 0.25) is 0 Å². The zero-order chi connectivity index (χ0) is 15.1. The summed E-state index contributed by atoms with van der Waals surface area (Å²) in [4.78, 5) is 12.7. The molecule has 3 rings (SSSR count). The maximum absolute atomic E-state index is 13.5. The van der Waals surface area contributed by atoms with Crippen LogP contribution >= 0.6 is 11.6 Å². The fourth-order valence-electron chi connectivity index (χ4n) is 2.56. The van der Waals surface area contributed by atoms with Crippen LogP contribution in [0.25, 0.3) is 10.9 Å². The molecule has 0 atom stereocenters. The summed E-state index contributed by atoms with van der Waals surface area (Å²) in [5.41, 5.74) is 2.50. The highest BCUT2D eigenvalue weighted by atomic mass is 35.5. The van der Waals surface area contributed by atoms with Gasteiger partial charge in [-0.25, -0.2) is 4.39 Å². The van der Waals surface area contributed by atoms with Crippen LogP contribution < -0.4 is 0 Å². The molecule has 0 radical (unpaired) electrons. The summed E-state index contributed by atoms with van der Waals surface area (Å²) < 4.78 is 15.3. The highest BCUT2D eigenvalue weighted by Crippen LogP contribution is 2.26. The quantitative estimate of drug-likeness (QED) is 0.638. The monoisotopic (exact) mass is 301 g/mol. The molecule has 4 heteroatoms. The predicted molar refractivity (Wildman–Crippen MR) is 82.5 cm³/mol. The lowest BCUT2D eigenvalue weighted by Gasteiger charge is -2.02. The van der Waals surface area contributed by atoms with Crippen LogP contribution in [0.1, 0.15) is 21.5 Å². The molecule has 0 saturated heterocycles. The van der Waals surface area contributed by atoms with E-state index in [-0.39, 0.29) is 5.78 Å². The number of ketones is 1. The molecule has 0 fully saturated rings. The first-order valence-corrected chi connectivity index (χ1v) is 6.90. The first-order valence-electron chi connectivity index (χ1n) is 6.52. The minimum atomic E-state index is -0.401. The fraction of sp³-hybridized carbons (Fsp3) is 0.118. The first kappa shape index (κ1) is 13.8. The van der Waals surface area contributed by atoms with Crippen molar-refractivity contribution in [1.82, 2.24) is 4.57 Å². The third kappa shape index (κ3) is 2.45. The zero-order valence-electron chi connectivity index (χ0n) is 11.7. The standard InChI is InChI=1S/C17H13ClFNO/c1-10-5-11(7-13(19)6-10)17(21)15-9-20(2)16-8-12(18)3-4-14(15)16/h3-9H,1-2H3. The Kier molecular flexibility index (Phi) is 3.30. The van der Waals surface area contributed by atoms with Crippen LogP contribution in [-0.4, -0.2) is 10.4 Å². The fourth-order valence-corrected chi connectivity index (χ4v) is 2.73. The van der Waals surface area contributed by atoms with Crippen LogP contribution in [0.5, 0.6) is 0 Å². The van der Waals surface area contributed by atoms with E-state index in [0.717, 1.165) is 16.5 Å². The van der Waals surface area contributed by atoms with Gasteiger partial charge in [0.1, 0.15) is 5.82 Å². The van der Waals surface area contributed by atoms with Gasteiger partial charge in [-0.05, 0) is 42.8 Å². The molecule has 0 aliphatic carbocycles. The second-order valence-corrected chi connectivity index (χ2v) is 5.60. The van der Waals surface area contributed by atoms with Crippen molar-refractivity contribution in [3.8, 4) is 0 Å². The van der Waals surface area contributed by atoms with Crippen molar-refractivity contribution in [2.75, 3.05) is 0 Å². The van der Waals surface area contributed by atoms with Gasteiger partial charge in [-0.3, -0.25) is 4.79 Å². The molecule has 0 saturated carbocycles. The number of carbonyl (C=O) groups excluding carboxylic acids is 1. The third-order valence-electron chi connectivity index (χ3n) is 3.50. The average Bonchev–Trinajstić information content (AvgIpc) is 2.74. The molecular weight excluding hydrogens is 289 g/mol. The summed E-state index contributed by atoms with van der Waals surface area (Å²) >= 11 is 5.99. The van der Waals surface area contributed by atoms with Gasteiger partial charge in [-0.2, -0.15) is 0 Å². The van der Waals surface area contributed by atoms with Crippen molar-refractivity contribution in [3.05, 3.63) is 70.1 Å². The van der Waals surface area contributed by atoms with Crippen molar-refractivity contribution in [2.24, 2.45) is 7.05 Å². The van der Waals surface area contributed by atoms with Gasteiger partial charge in [0.15, 0.2) is 5.78 Å². The molecular formula is C17H13ClFNO. The highest BCUT2D eigenvalue weighted by Gasteiger charge is 2.17. The second-order valence-electron chi connectivity index (χ2n) is 5.16. The number of aromatic nitrogens is 1. The molecule has 2 nitrogen and oxygen atoms in total. The van der Waals surface area contributed by atoms with Gasteiger partial charge in [0.25, 0.3) is 0 Å². The zero-order valence-corrected chi connectivity index (χ0v) is 12.4. The number of halogens is 2. The number of fused-ring (bicyclic) bond motifs is 1. The third-order valence-corrected chi connectivity index (χ3v) is 3.74. The molecule has 106 valence electrons. The van der Waals surface area contributed by atoms with E-state index in [9.17, 15) is 9.18 Å². The van der Waals surface area contributed by atoms with Crippen molar-refractivity contribution in [3.63, 3.8) is 0 Å². The van der Waals surface area contributed by atoms with E-state index in [1.54, 1.807) is 25.3 Å². The molecule has 3 aromatic rings. The van der Waals surface area contributed by atoms with Crippen LogP contribution in [-0.2, 0) is 7.05 Å². The Balaban J connectivity index is 2.18. The summed E-state index contributed by atoms with van der Waals surface area (Å²) in [5, 5.41) is 1.43. The molecule has 0 unspecified atom stereocenters. The van der Waals surface area contributed by atoms with E-state index in [1.807, 2.05) is 23.7 Å². The van der Waals surface area contributed by atoms with E-state index in [4.69, 9.17) is 11.6 Å². The number of hydrogen-bond donors (Lipinski definition) is 0. The maximum atomic E-state index is 13.5. The van der Waals surface area contributed by atoms with E-state index in [1.165, 1.54) is 12.1 Å². The van der Waals surface area contributed by atoms with E-state index < -0.39 is 5.82 Å². The predicted octanol–water partition coefficient (Wildman–Crippen LogP) is 4.51. The molecule has 1 heterocycles. The van der Waals surface area contributed by atoms with Crippen LogP contribution in [0.2, 0.25) is 5.02 Å². The Morgan fingerprint density at radius 3 is 2.67 bits per heavy atom. The molecule has 21 heavy (non-hydrogen) atoms.